The number of halogens is 2. The zero-order valence-electron chi connectivity index (χ0n) is 11.9. The molecule has 118 valence electrons. The number of aromatic nitrogens is 3. The Kier molecular flexibility index (Phi) is 6.33. The van der Waals surface area contributed by atoms with Gasteiger partial charge in [0.1, 0.15) is 5.69 Å². The fraction of sp³-hybridized carbons (Fsp3) is 0.357. The maximum Gasteiger partial charge on any atom is 0.154 e. The Morgan fingerprint density at radius 1 is 1.14 bits per heavy atom. The fourth-order valence-electron chi connectivity index (χ4n) is 1.88. The molecule has 0 atom stereocenters. The van der Waals surface area contributed by atoms with Crippen LogP contribution in [0.4, 0.5) is 5.82 Å². The SMILES string of the molecule is NCCOCCCc1nnc(-c2cccc(Cl)c2Cl)c(N)n1. The Bertz CT molecular complexity index is 639. The Hall–Kier alpha value is -1.47. The van der Waals surface area contributed by atoms with Crippen LogP contribution in [-0.2, 0) is 11.2 Å². The van der Waals surface area contributed by atoms with Gasteiger partial charge in [0.25, 0.3) is 0 Å². The molecule has 0 unspecified atom stereocenters. The van der Waals surface area contributed by atoms with Gasteiger partial charge in [0.2, 0.25) is 0 Å². The molecule has 8 heteroatoms. The number of rotatable bonds is 7. The predicted molar refractivity (Wildman–Crippen MR) is 87.9 cm³/mol. The van der Waals surface area contributed by atoms with Crippen molar-refractivity contribution in [1.29, 1.82) is 0 Å². The molecule has 0 aliphatic rings. The molecule has 2 aromatic rings. The van der Waals surface area contributed by atoms with E-state index in [4.69, 9.17) is 39.4 Å². The van der Waals surface area contributed by atoms with Crippen molar-refractivity contribution in [3.05, 3.63) is 34.1 Å². The van der Waals surface area contributed by atoms with E-state index in [0.717, 1.165) is 6.42 Å². The molecule has 1 heterocycles. The Labute approximate surface area is 138 Å². The lowest BCUT2D eigenvalue weighted by Gasteiger charge is -2.08. The molecule has 0 saturated heterocycles. The van der Waals surface area contributed by atoms with Crippen molar-refractivity contribution in [3.8, 4) is 11.3 Å². The lowest BCUT2D eigenvalue weighted by Crippen LogP contribution is -2.10. The molecule has 0 fully saturated rings. The first-order chi connectivity index (χ1) is 10.6. The topological polar surface area (TPSA) is 99.9 Å². The predicted octanol–water partition coefficient (Wildman–Crippen LogP) is 2.34. The highest BCUT2D eigenvalue weighted by Crippen LogP contribution is 2.33. The van der Waals surface area contributed by atoms with E-state index in [9.17, 15) is 0 Å². The summed E-state index contributed by atoms with van der Waals surface area (Å²) < 4.78 is 5.29. The summed E-state index contributed by atoms with van der Waals surface area (Å²) in [6, 6.07) is 5.24. The number of nitrogens with two attached hydrogens (primary N) is 2. The van der Waals surface area contributed by atoms with Gasteiger partial charge in [0, 0.05) is 25.1 Å². The van der Waals surface area contributed by atoms with Crippen LogP contribution in [0.5, 0.6) is 0 Å². The molecule has 2 rings (SSSR count). The number of ether oxygens (including phenoxy) is 1. The van der Waals surface area contributed by atoms with Crippen molar-refractivity contribution < 1.29 is 4.74 Å². The second kappa shape index (κ2) is 8.24. The number of nitrogen functional groups attached to an aromatic ring is 1. The van der Waals surface area contributed by atoms with Crippen LogP contribution in [0, 0.1) is 0 Å². The van der Waals surface area contributed by atoms with Gasteiger partial charge in [-0.25, -0.2) is 4.98 Å². The van der Waals surface area contributed by atoms with Gasteiger partial charge in [-0.2, -0.15) is 0 Å². The van der Waals surface area contributed by atoms with Gasteiger partial charge in [-0.05, 0) is 12.5 Å². The first-order valence-corrected chi connectivity index (χ1v) is 7.60. The summed E-state index contributed by atoms with van der Waals surface area (Å²) in [5, 5.41) is 9.02. The van der Waals surface area contributed by atoms with E-state index in [1.165, 1.54) is 0 Å². The average Bonchev–Trinajstić information content (AvgIpc) is 2.50. The fourth-order valence-corrected chi connectivity index (χ4v) is 2.27. The zero-order chi connectivity index (χ0) is 15.9. The van der Waals surface area contributed by atoms with Crippen LogP contribution >= 0.6 is 23.2 Å². The number of benzene rings is 1. The lowest BCUT2D eigenvalue weighted by molar-refractivity contribution is 0.139. The second-order valence-corrected chi connectivity index (χ2v) is 5.35. The molecule has 0 bridgehead atoms. The maximum atomic E-state index is 6.16. The summed E-state index contributed by atoms with van der Waals surface area (Å²) in [6.45, 7) is 1.66. The number of anilines is 1. The van der Waals surface area contributed by atoms with Gasteiger partial charge in [0.05, 0.1) is 16.7 Å². The number of hydrogen-bond acceptors (Lipinski definition) is 6. The highest BCUT2D eigenvalue weighted by Gasteiger charge is 2.13. The smallest absolute Gasteiger partial charge is 0.154 e. The van der Waals surface area contributed by atoms with E-state index in [-0.39, 0.29) is 5.82 Å². The average molecular weight is 342 g/mol. The van der Waals surface area contributed by atoms with Gasteiger partial charge in [-0.1, -0.05) is 35.3 Å². The monoisotopic (exact) mass is 341 g/mol. The van der Waals surface area contributed by atoms with Crippen LogP contribution in [-0.4, -0.2) is 34.9 Å². The molecule has 1 aromatic heterocycles. The van der Waals surface area contributed by atoms with Crippen molar-refractivity contribution in [2.45, 2.75) is 12.8 Å². The third-order valence-corrected chi connectivity index (χ3v) is 3.73. The molecule has 0 radical (unpaired) electrons. The van der Waals surface area contributed by atoms with E-state index in [0.29, 0.717) is 53.3 Å². The number of nitrogens with zero attached hydrogens (tertiary/aromatic N) is 3. The van der Waals surface area contributed by atoms with Crippen LogP contribution in [0.3, 0.4) is 0 Å². The van der Waals surface area contributed by atoms with E-state index in [1.54, 1.807) is 18.2 Å². The first-order valence-electron chi connectivity index (χ1n) is 6.84. The molecule has 0 amide bonds. The molecule has 0 saturated carbocycles. The molecule has 1 aromatic carbocycles. The van der Waals surface area contributed by atoms with Gasteiger partial charge < -0.3 is 16.2 Å². The normalized spacial score (nSPS) is 10.9. The Morgan fingerprint density at radius 3 is 2.68 bits per heavy atom. The van der Waals surface area contributed by atoms with Gasteiger partial charge in [-0.3, -0.25) is 0 Å². The van der Waals surface area contributed by atoms with Gasteiger partial charge in [-0.15, -0.1) is 10.2 Å². The molecule has 0 aliphatic carbocycles. The molecule has 0 aliphatic heterocycles. The molecule has 22 heavy (non-hydrogen) atoms. The summed E-state index contributed by atoms with van der Waals surface area (Å²) in [5.41, 5.74) is 12.3. The van der Waals surface area contributed by atoms with Crippen LogP contribution < -0.4 is 11.5 Å². The molecular formula is C14H17Cl2N5O. The molecule has 4 N–H and O–H groups in total. The summed E-state index contributed by atoms with van der Waals surface area (Å²) in [6.07, 6.45) is 1.41. The first kappa shape index (κ1) is 16.9. The Morgan fingerprint density at radius 2 is 1.95 bits per heavy atom. The van der Waals surface area contributed by atoms with E-state index >= 15 is 0 Å². The number of aryl methyl sites for hydroxylation is 1. The number of hydrogen-bond donors (Lipinski definition) is 2. The quantitative estimate of drug-likeness (QED) is 0.749. The van der Waals surface area contributed by atoms with Crippen molar-refractivity contribution in [2.24, 2.45) is 5.73 Å². The standard InChI is InChI=1S/C14H17Cl2N5O/c15-10-4-1-3-9(12(10)16)13-14(18)19-11(20-21-13)5-2-7-22-8-6-17/h1,3-4H,2,5-8,17H2,(H2,18,19,20). The minimum absolute atomic E-state index is 0.275. The summed E-state index contributed by atoms with van der Waals surface area (Å²) in [4.78, 5) is 4.26. The highest BCUT2D eigenvalue weighted by atomic mass is 35.5. The Balaban J connectivity index is 2.08. The zero-order valence-corrected chi connectivity index (χ0v) is 13.4. The maximum absolute atomic E-state index is 6.16. The van der Waals surface area contributed by atoms with Crippen LogP contribution in [0.1, 0.15) is 12.2 Å². The summed E-state index contributed by atoms with van der Waals surface area (Å²) in [5.74, 6) is 0.841. The molecule has 6 nitrogen and oxygen atoms in total. The van der Waals surface area contributed by atoms with Crippen molar-refractivity contribution in [3.63, 3.8) is 0 Å². The lowest BCUT2D eigenvalue weighted by atomic mass is 10.1. The minimum Gasteiger partial charge on any atom is -0.382 e. The summed E-state index contributed by atoms with van der Waals surface area (Å²) >= 11 is 12.2. The van der Waals surface area contributed by atoms with Crippen molar-refractivity contribution in [2.75, 3.05) is 25.5 Å². The molecular weight excluding hydrogens is 325 g/mol. The third-order valence-electron chi connectivity index (χ3n) is 2.92. The third kappa shape index (κ3) is 4.27. The second-order valence-electron chi connectivity index (χ2n) is 4.57. The van der Waals surface area contributed by atoms with Crippen LogP contribution in [0.2, 0.25) is 10.0 Å². The summed E-state index contributed by atoms with van der Waals surface area (Å²) in [7, 11) is 0. The minimum atomic E-state index is 0.275. The molecule has 0 spiro atoms. The van der Waals surface area contributed by atoms with Crippen molar-refractivity contribution in [1.82, 2.24) is 15.2 Å². The highest BCUT2D eigenvalue weighted by molar-refractivity contribution is 6.43. The van der Waals surface area contributed by atoms with Crippen LogP contribution in [0.25, 0.3) is 11.3 Å². The van der Waals surface area contributed by atoms with Gasteiger partial charge >= 0.3 is 0 Å². The van der Waals surface area contributed by atoms with E-state index < -0.39 is 0 Å². The van der Waals surface area contributed by atoms with Crippen LogP contribution in [0.15, 0.2) is 18.2 Å². The largest absolute Gasteiger partial charge is 0.382 e. The van der Waals surface area contributed by atoms with Crippen molar-refractivity contribution >= 4 is 29.0 Å². The van der Waals surface area contributed by atoms with E-state index in [1.807, 2.05) is 0 Å². The van der Waals surface area contributed by atoms with Gasteiger partial charge in [0.15, 0.2) is 11.6 Å². The van der Waals surface area contributed by atoms with E-state index in [2.05, 4.69) is 15.2 Å².